The second-order valence-electron chi connectivity index (χ2n) is 7.13. The number of aliphatic hydroxyl groups is 1. The standard InChI is InChI=1S/C22H23NO2S2/c24-19(17-7-5-16(6-8-17)18-9-13-26-15-18)14-23-21(25)22(10-1-2-11-22)20-4-3-12-27-20/h3-9,12-13,15,19,24H,1-2,10-11,14H2,(H,23,25)/t19-/m0/s1. The minimum atomic E-state index is -0.702. The molecule has 0 radical (unpaired) electrons. The maximum Gasteiger partial charge on any atom is 0.231 e. The summed E-state index contributed by atoms with van der Waals surface area (Å²) in [7, 11) is 0. The molecule has 4 rings (SSSR count). The molecule has 1 amide bonds. The van der Waals surface area contributed by atoms with Gasteiger partial charge in [-0.05, 0) is 57.8 Å². The first-order chi connectivity index (χ1) is 13.2. The zero-order valence-electron chi connectivity index (χ0n) is 15.1. The van der Waals surface area contributed by atoms with Crippen LogP contribution in [0.15, 0.2) is 58.6 Å². The number of hydrogen-bond acceptors (Lipinski definition) is 4. The van der Waals surface area contributed by atoms with Gasteiger partial charge in [-0.15, -0.1) is 11.3 Å². The first-order valence-electron chi connectivity index (χ1n) is 9.32. The lowest BCUT2D eigenvalue weighted by Gasteiger charge is -2.27. The zero-order chi connectivity index (χ0) is 18.7. The van der Waals surface area contributed by atoms with Crippen molar-refractivity contribution in [1.29, 1.82) is 0 Å². The lowest BCUT2D eigenvalue weighted by Crippen LogP contribution is -2.43. The Morgan fingerprint density at radius 2 is 1.85 bits per heavy atom. The highest BCUT2D eigenvalue weighted by Gasteiger charge is 2.43. The van der Waals surface area contributed by atoms with Crippen LogP contribution >= 0.6 is 22.7 Å². The van der Waals surface area contributed by atoms with Crippen LogP contribution in [-0.2, 0) is 10.2 Å². The second kappa shape index (κ2) is 7.97. The maximum absolute atomic E-state index is 13.0. The smallest absolute Gasteiger partial charge is 0.231 e. The van der Waals surface area contributed by atoms with Gasteiger partial charge < -0.3 is 10.4 Å². The maximum atomic E-state index is 13.0. The van der Waals surface area contributed by atoms with Crippen LogP contribution in [0, 0.1) is 0 Å². The van der Waals surface area contributed by atoms with E-state index in [9.17, 15) is 9.90 Å². The first kappa shape index (κ1) is 18.4. The molecule has 2 N–H and O–H groups in total. The monoisotopic (exact) mass is 397 g/mol. The fourth-order valence-corrected chi connectivity index (χ4v) is 5.57. The molecule has 0 saturated heterocycles. The topological polar surface area (TPSA) is 49.3 Å². The van der Waals surface area contributed by atoms with Crippen molar-refractivity contribution in [3.63, 3.8) is 0 Å². The van der Waals surface area contributed by atoms with Crippen LogP contribution in [0.25, 0.3) is 11.1 Å². The highest BCUT2D eigenvalue weighted by Crippen LogP contribution is 2.43. The number of carbonyl (C=O) groups is 1. The van der Waals surface area contributed by atoms with Crippen molar-refractivity contribution < 1.29 is 9.90 Å². The van der Waals surface area contributed by atoms with Gasteiger partial charge in [-0.3, -0.25) is 4.79 Å². The molecular formula is C22H23NO2S2. The molecule has 140 valence electrons. The van der Waals surface area contributed by atoms with E-state index in [4.69, 9.17) is 0 Å². The molecular weight excluding hydrogens is 374 g/mol. The summed E-state index contributed by atoms with van der Waals surface area (Å²) in [6.07, 6.45) is 3.25. The van der Waals surface area contributed by atoms with Gasteiger partial charge in [0.25, 0.3) is 0 Å². The van der Waals surface area contributed by atoms with Crippen LogP contribution in [0.1, 0.15) is 42.2 Å². The number of hydrogen-bond donors (Lipinski definition) is 2. The molecule has 3 aromatic rings. The molecule has 5 heteroatoms. The second-order valence-corrected chi connectivity index (χ2v) is 8.85. The molecule has 0 bridgehead atoms. The fourth-order valence-electron chi connectivity index (χ4n) is 3.92. The van der Waals surface area contributed by atoms with Gasteiger partial charge in [0.2, 0.25) is 5.91 Å². The molecule has 3 nitrogen and oxygen atoms in total. The van der Waals surface area contributed by atoms with Gasteiger partial charge in [0.1, 0.15) is 0 Å². The van der Waals surface area contributed by atoms with Crippen molar-refractivity contribution in [3.05, 3.63) is 69.0 Å². The van der Waals surface area contributed by atoms with E-state index >= 15 is 0 Å². The van der Waals surface area contributed by atoms with E-state index in [1.54, 1.807) is 22.7 Å². The van der Waals surface area contributed by atoms with Crippen LogP contribution in [0.5, 0.6) is 0 Å². The van der Waals surface area contributed by atoms with Crippen LogP contribution in [0.2, 0.25) is 0 Å². The average molecular weight is 398 g/mol. The van der Waals surface area contributed by atoms with E-state index < -0.39 is 11.5 Å². The van der Waals surface area contributed by atoms with E-state index in [2.05, 4.69) is 28.2 Å². The fraction of sp³-hybridized carbons (Fsp3) is 0.318. The molecule has 0 spiro atoms. The minimum absolute atomic E-state index is 0.0522. The Hall–Kier alpha value is -1.95. The summed E-state index contributed by atoms with van der Waals surface area (Å²) in [5, 5.41) is 19.7. The van der Waals surface area contributed by atoms with E-state index in [0.29, 0.717) is 0 Å². The molecule has 27 heavy (non-hydrogen) atoms. The van der Waals surface area contributed by atoms with E-state index in [1.807, 2.05) is 35.7 Å². The lowest BCUT2D eigenvalue weighted by atomic mass is 9.83. The van der Waals surface area contributed by atoms with Crippen molar-refractivity contribution in [2.24, 2.45) is 0 Å². The van der Waals surface area contributed by atoms with Crippen molar-refractivity contribution in [3.8, 4) is 11.1 Å². The Morgan fingerprint density at radius 3 is 2.48 bits per heavy atom. The van der Waals surface area contributed by atoms with Gasteiger partial charge in [-0.1, -0.05) is 43.2 Å². The van der Waals surface area contributed by atoms with Gasteiger partial charge in [0.15, 0.2) is 0 Å². The molecule has 1 aliphatic carbocycles. The Morgan fingerprint density at radius 1 is 1.07 bits per heavy atom. The minimum Gasteiger partial charge on any atom is -0.387 e. The highest BCUT2D eigenvalue weighted by atomic mass is 32.1. The van der Waals surface area contributed by atoms with Crippen molar-refractivity contribution in [1.82, 2.24) is 5.32 Å². The lowest BCUT2D eigenvalue weighted by molar-refractivity contribution is -0.127. The zero-order valence-corrected chi connectivity index (χ0v) is 16.7. The Balaban J connectivity index is 1.41. The summed E-state index contributed by atoms with van der Waals surface area (Å²) < 4.78 is 0. The van der Waals surface area contributed by atoms with Gasteiger partial charge >= 0.3 is 0 Å². The normalized spacial score (nSPS) is 16.9. The molecule has 2 aromatic heterocycles. The average Bonchev–Trinajstić information content (AvgIpc) is 3.47. The van der Waals surface area contributed by atoms with Crippen molar-refractivity contribution in [2.45, 2.75) is 37.2 Å². The Kier molecular flexibility index (Phi) is 5.43. The first-order valence-corrected chi connectivity index (χ1v) is 11.1. The van der Waals surface area contributed by atoms with Gasteiger partial charge in [-0.25, -0.2) is 0 Å². The van der Waals surface area contributed by atoms with Gasteiger partial charge in [0.05, 0.1) is 11.5 Å². The highest BCUT2D eigenvalue weighted by molar-refractivity contribution is 7.10. The number of benzene rings is 1. The predicted octanol–water partition coefficient (Wildman–Crippen LogP) is 5.14. The number of rotatable bonds is 6. The molecule has 1 aliphatic rings. The van der Waals surface area contributed by atoms with E-state index in [0.717, 1.165) is 41.7 Å². The number of carbonyl (C=O) groups excluding carboxylic acids is 1. The molecule has 1 aromatic carbocycles. The summed E-state index contributed by atoms with van der Waals surface area (Å²) in [5.74, 6) is 0.0522. The number of thiophene rings is 2. The SMILES string of the molecule is O=C(NC[C@H](O)c1ccc(-c2ccsc2)cc1)C1(c2cccs2)CCCC1. The van der Waals surface area contributed by atoms with Crippen LogP contribution in [0.4, 0.5) is 0 Å². The Bertz CT molecular complexity index is 864. The summed E-state index contributed by atoms with van der Waals surface area (Å²) in [5.41, 5.74) is 2.75. The largest absolute Gasteiger partial charge is 0.387 e. The van der Waals surface area contributed by atoms with Crippen molar-refractivity contribution >= 4 is 28.6 Å². The van der Waals surface area contributed by atoms with Gasteiger partial charge in [0, 0.05) is 11.4 Å². The summed E-state index contributed by atoms with van der Waals surface area (Å²) >= 11 is 3.33. The van der Waals surface area contributed by atoms with E-state index in [-0.39, 0.29) is 12.5 Å². The van der Waals surface area contributed by atoms with Crippen LogP contribution in [-0.4, -0.2) is 17.6 Å². The quantitative estimate of drug-likeness (QED) is 0.605. The van der Waals surface area contributed by atoms with Crippen molar-refractivity contribution in [2.75, 3.05) is 6.54 Å². The summed E-state index contributed by atoms with van der Waals surface area (Å²) in [6.45, 7) is 0.240. The molecule has 0 unspecified atom stereocenters. The third kappa shape index (κ3) is 3.72. The number of aliphatic hydroxyl groups excluding tert-OH is 1. The Labute approximate surface area is 167 Å². The number of amides is 1. The summed E-state index contributed by atoms with van der Waals surface area (Å²) in [6, 6.07) is 14.1. The molecule has 1 saturated carbocycles. The molecule has 1 fully saturated rings. The van der Waals surface area contributed by atoms with Gasteiger partial charge in [-0.2, -0.15) is 11.3 Å². The molecule has 1 atom stereocenters. The predicted molar refractivity (Wildman–Crippen MR) is 112 cm³/mol. The van der Waals surface area contributed by atoms with Crippen LogP contribution in [0.3, 0.4) is 0 Å². The third-order valence-electron chi connectivity index (χ3n) is 5.49. The van der Waals surface area contributed by atoms with E-state index in [1.165, 1.54) is 5.56 Å². The van der Waals surface area contributed by atoms with Crippen LogP contribution < -0.4 is 5.32 Å². The third-order valence-corrected chi connectivity index (χ3v) is 7.25. The molecule has 0 aliphatic heterocycles. The molecule has 2 heterocycles. The number of nitrogens with one attached hydrogen (secondary N) is 1. The summed E-state index contributed by atoms with van der Waals surface area (Å²) in [4.78, 5) is 14.1.